The first-order valence-corrected chi connectivity index (χ1v) is 12.0. The average Bonchev–Trinajstić information content (AvgIpc) is 3.37. The molecule has 1 N–H and O–H groups in total. The zero-order valence-electron chi connectivity index (χ0n) is 16.5. The second-order valence-electron chi connectivity index (χ2n) is 7.04. The highest BCUT2D eigenvalue weighted by Crippen LogP contribution is 2.41. The van der Waals surface area contributed by atoms with E-state index in [4.69, 9.17) is 14.2 Å². The zero-order chi connectivity index (χ0) is 22.3. The third kappa shape index (κ3) is 4.01. The van der Waals surface area contributed by atoms with Crippen molar-refractivity contribution in [2.45, 2.75) is 6.04 Å². The van der Waals surface area contributed by atoms with Crippen LogP contribution in [0.25, 0.3) is 0 Å². The second-order valence-corrected chi connectivity index (χ2v) is 10.1. The van der Waals surface area contributed by atoms with Gasteiger partial charge in [0.15, 0.2) is 11.5 Å². The predicted octanol–water partition coefficient (Wildman–Crippen LogP) is 1.44. The van der Waals surface area contributed by atoms with Gasteiger partial charge in [-0.2, -0.15) is 0 Å². The lowest BCUT2D eigenvalue weighted by Crippen LogP contribution is -2.38. The van der Waals surface area contributed by atoms with E-state index < -0.39 is 39.4 Å². The SMILES string of the molecule is COCC(=O)Nc1csc2c1C(=O)N([C@@H](CS(C)(=O)=O)c1ccc3c(c1)OCO3)C2=O. The number of amides is 3. The standard InChI is InChI=1S/C19H18N2O8S2/c1-27-6-15(22)20-11-7-30-17-16(11)18(23)21(19(17)24)12(8-31(2,25)26)10-3-4-13-14(5-10)29-9-28-13/h3-5,7,12H,6,8-9H2,1-2H3,(H,20,22)/t12-/m0/s1. The summed E-state index contributed by atoms with van der Waals surface area (Å²) in [4.78, 5) is 39.3. The van der Waals surface area contributed by atoms with Gasteiger partial charge >= 0.3 is 0 Å². The molecule has 164 valence electrons. The predicted molar refractivity (Wildman–Crippen MR) is 110 cm³/mol. The molecule has 0 saturated carbocycles. The largest absolute Gasteiger partial charge is 0.454 e. The number of ether oxygens (including phenoxy) is 3. The lowest BCUT2D eigenvalue weighted by atomic mass is 10.1. The van der Waals surface area contributed by atoms with Crippen LogP contribution in [0.5, 0.6) is 11.5 Å². The number of carbonyl (C=O) groups excluding carboxylic acids is 3. The maximum Gasteiger partial charge on any atom is 0.272 e. The van der Waals surface area contributed by atoms with E-state index >= 15 is 0 Å². The van der Waals surface area contributed by atoms with Crippen molar-refractivity contribution >= 4 is 44.6 Å². The maximum atomic E-state index is 13.2. The van der Waals surface area contributed by atoms with Crippen LogP contribution in [-0.2, 0) is 19.4 Å². The number of thiophene rings is 1. The Hall–Kier alpha value is -2.96. The summed E-state index contributed by atoms with van der Waals surface area (Å²) in [5.74, 6) is -1.36. The topological polar surface area (TPSA) is 128 Å². The van der Waals surface area contributed by atoms with Gasteiger partial charge in [-0.05, 0) is 17.7 Å². The Morgan fingerprint density at radius 2 is 2.00 bits per heavy atom. The molecule has 31 heavy (non-hydrogen) atoms. The number of nitrogens with one attached hydrogen (secondary N) is 1. The van der Waals surface area contributed by atoms with Crippen LogP contribution in [0.2, 0.25) is 0 Å². The number of benzene rings is 1. The minimum atomic E-state index is -3.58. The number of fused-ring (bicyclic) bond motifs is 2. The van der Waals surface area contributed by atoms with E-state index in [9.17, 15) is 22.8 Å². The fourth-order valence-corrected chi connectivity index (χ4v) is 5.31. The van der Waals surface area contributed by atoms with Crippen LogP contribution in [0.3, 0.4) is 0 Å². The van der Waals surface area contributed by atoms with E-state index in [2.05, 4.69) is 5.32 Å². The normalized spacial score (nSPS) is 15.9. The Balaban J connectivity index is 1.72. The first-order valence-electron chi connectivity index (χ1n) is 9.05. The molecule has 1 atom stereocenters. The number of rotatable bonds is 7. The van der Waals surface area contributed by atoms with Gasteiger partial charge < -0.3 is 19.5 Å². The molecule has 3 heterocycles. The molecular formula is C19H18N2O8S2. The Morgan fingerprint density at radius 3 is 2.71 bits per heavy atom. The number of carbonyl (C=O) groups is 3. The first kappa shape index (κ1) is 21.3. The third-order valence-electron chi connectivity index (χ3n) is 4.74. The minimum Gasteiger partial charge on any atom is -0.454 e. The van der Waals surface area contributed by atoms with Crippen LogP contribution in [0.4, 0.5) is 5.69 Å². The molecule has 3 amide bonds. The maximum absolute atomic E-state index is 13.2. The van der Waals surface area contributed by atoms with Gasteiger partial charge in [-0.1, -0.05) is 6.07 Å². The van der Waals surface area contributed by atoms with Crippen LogP contribution in [-0.4, -0.2) is 63.6 Å². The summed E-state index contributed by atoms with van der Waals surface area (Å²) in [6.45, 7) is -0.191. The first-order chi connectivity index (χ1) is 14.7. The van der Waals surface area contributed by atoms with Gasteiger partial charge in [0.05, 0.1) is 23.0 Å². The Morgan fingerprint density at radius 1 is 1.26 bits per heavy atom. The van der Waals surface area contributed by atoms with Gasteiger partial charge in [0.1, 0.15) is 21.3 Å². The monoisotopic (exact) mass is 466 g/mol. The molecule has 2 aromatic rings. The molecule has 0 aliphatic carbocycles. The lowest BCUT2D eigenvalue weighted by Gasteiger charge is -2.26. The van der Waals surface area contributed by atoms with Crippen molar-refractivity contribution in [1.29, 1.82) is 0 Å². The van der Waals surface area contributed by atoms with Crippen LogP contribution < -0.4 is 14.8 Å². The Labute approximate surface area is 181 Å². The van der Waals surface area contributed by atoms with Gasteiger partial charge in [-0.15, -0.1) is 11.3 Å². The molecule has 2 aliphatic rings. The Kier molecular flexibility index (Phi) is 5.45. The summed E-state index contributed by atoms with van der Waals surface area (Å²) in [6.07, 6.45) is 1.03. The summed E-state index contributed by atoms with van der Waals surface area (Å²) < 4.78 is 39.7. The molecule has 12 heteroatoms. The van der Waals surface area contributed by atoms with Crippen molar-refractivity contribution in [1.82, 2.24) is 4.90 Å². The number of hydrogen-bond donors (Lipinski definition) is 1. The molecule has 1 aromatic heterocycles. The summed E-state index contributed by atoms with van der Waals surface area (Å²) in [5, 5.41) is 4.05. The highest BCUT2D eigenvalue weighted by molar-refractivity contribution is 7.90. The zero-order valence-corrected chi connectivity index (χ0v) is 18.2. The van der Waals surface area contributed by atoms with Gasteiger partial charge in [0.2, 0.25) is 12.7 Å². The van der Waals surface area contributed by atoms with Gasteiger partial charge in [0.25, 0.3) is 11.8 Å². The molecule has 0 fully saturated rings. The molecule has 1 aromatic carbocycles. The molecule has 0 unspecified atom stereocenters. The molecule has 2 aliphatic heterocycles. The highest BCUT2D eigenvalue weighted by Gasteiger charge is 2.45. The average molecular weight is 466 g/mol. The van der Waals surface area contributed by atoms with Crippen molar-refractivity contribution in [2.75, 3.05) is 37.8 Å². The fraction of sp³-hybridized carbons (Fsp3) is 0.316. The summed E-state index contributed by atoms with van der Waals surface area (Å²) in [5.41, 5.74) is 0.641. The second kappa shape index (κ2) is 7.94. The molecule has 0 spiro atoms. The van der Waals surface area contributed by atoms with Crippen molar-refractivity contribution < 1.29 is 37.0 Å². The number of hydrogen-bond acceptors (Lipinski definition) is 9. The summed E-state index contributed by atoms with van der Waals surface area (Å²) in [6, 6.07) is 3.68. The van der Waals surface area contributed by atoms with Crippen molar-refractivity contribution in [3.63, 3.8) is 0 Å². The molecular weight excluding hydrogens is 448 g/mol. The van der Waals surface area contributed by atoms with Crippen LogP contribution >= 0.6 is 11.3 Å². The van der Waals surface area contributed by atoms with Crippen LogP contribution in [0.1, 0.15) is 31.6 Å². The number of nitrogens with zero attached hydrogens (tertiary/aromatic N) is 1. The van der Waals surface area contributed by atoms with Crippen LogP contribution in [0, 0.1) is 0 Å². The quantitative estimate of drug-likeness (QED) is 0.607. The van der Waals surface area contributed by atoms with E-state index in [1.54, 1.807) is 18.2 Å². The molecule has 10 nitrogen and oxygen atoms in total. The van der Waals surface area contributed by atoms with Gasteiger partial charge in [-0.25, -0.2) is 8.42 Å². The van der Waals surface area contributed by atoms with Crippen molar-refractivity contribution in [3.8, 4) is 11.5 Å². The number of sulfone groups is 1. The van der Waals surface area contributed by atoms with Gasteiger partial charge in [0, 0.05) is 18.7 Å². The van der Waals surface area contributed by atoms with Crippen LogP contribution in [0.15, 0.2) is 23.6 Å². The third-order valence-corrected chi connectivity index (χ3v) is 6.63. The summed E-state index contributed by atoms with van der Waals surface area (Å²) >= 11 is 1.00. The summed E-state index contributed by atoms with van der Waals surface area (Å²) in [7, 11) is -2.22. The van der Waals surface area contributed by atoms with E-state index in [0.29, 0.717) is 17.1 Å². The molecule has 0 radical (unpaired) electrons. The smallest absolute Gasteiger partial charge is 0.272 e. The molecule has 0 bridgehead atoms. The minimum absolute atomic E-state index is 0.0267. The van der Waals surface area contributed by atoms with Crippen molar-refractivity contribution in [2.24, 2.45) is 0 Å². The lowest BCUT2D eigenvalue weighted by molar-refractivity contribution is -0.119. The van der Waals surface area contributed by atoms with E-state index in [0.717, 1.165) is 22.5 Å². The molecule has 0 saturated heterocycles. The number of methoxy groups -OCH3 is 1. The molecule has 4 rings (SSSR count). The van der Waals surface area contributed by atoms with E-state index in [-0.39, 0.29) is 29.5 Å². The van der Waals surface area contributed by atoms with E-state index in [1.165, 1.54) is 12.5 Å². The van der Waals surface area contributed by atoms with Crippen molar-refractivity contribution in [3.05, 3.63) is 39.6 Å². The van der Waals surface area contributed by atoms with Gasteiger partial charge in [-0.3, -0.25) is 19.3 Å². The fourth-order valence-electron chi connectivity index (χ4n) is 3.47. The number of anilines is 1. The Bertz CT molecular complexity index is 1190. The highest BCUT2D eigenvalue weighted by atomic mass is 32.2. The number of imide groups is 1. The van der Waals surface area contributed by atoms with E-state index in [1.807, 2.05) is 0 Å².